The lowest BCUT2D eigenvalue weighted by Crippen LogP contribution is -2.45. The van der Waals surface area contributed by atoms with E-state index in [1.54, 1.807) is 11.1 Å². The Morgan fingerprint density at radius 3 is 2.90 bits per heavy atom. The van der Waals surface area contributed by atoms with Crippen LogP contribution in [-0.4, -0.2) is 39.8 Å². The molecule has 2 aromatic heterocycles. The molecule has 0 radical (unpaired) electrons. The number of aromatic nitrogens is 2. The van der Waals surface area contributed by atoms with Crippen molar-refractivity contribution in [3.63, 3.8) is 0 Å². The van der Waals surface area contributed by atoms with E-state index < -0.39 is 0 Å². The number of fused-ring (bicyclic) bond motifs is 1. The van der Waals surface area contributed by atoms with Crippen molar-refractivity contribution in [2.75, 3.05) is 13.1 Å². The minimum Gasteiger partial charge on any atom is -0.358 e. The van der Waals surface area contributed by atoms with Crippen molar-refractivity contribution >= 4 is 22.7 Å². The van der Waals surface area contributed by atoms with Crippen LogP contribution in [0.4, 0.5) is 0 Å². The molecule has 2 amide bonds. The van der Waals surface area contributed by atoms with Crippen molar-refractivity contribution in [2.24, 2.45) is 5.92 Å². The van der Waals surface area contributed by atoms with E-state index in [-0.39, 0.29) is 17.7 Å². The van der Waals surface area contributed by atoms with E-state index in [4.69, 9.17) is 0 Å². The zero-order valence-corrected chi connectivity index (χ0v) is 16.6. The maximum Gasteiger partial charge on any atom is 0.224 e. The third-order valence-electron chi connectivity index (χ3n) is 5.65. The number of piperidine rings is 1. The Bertz CT molecular complexity index is 1010. The maximum absolute atomic E-state index is 12.7. The Hall–Kier alpha value is -3.15. The van der Waals surface area contributed by atoms with Crippen LogP contribution >= 0.6 is 0 Å². The van der Waals surface area contributed by atoms with Crippen LogP contribution in [0.25, 0.3) is 10.9 Å². The molecule has 2 N–H and O–H groups in total. The number of nitrogens with one attached hydrogen (secondary N) is 2. The van der Waals surface area contributed by atoms with Crippen molar-refractivity contribution in [2.45, 2.75) is 32.7 Å². The van der Waals surface area contributed by atoms with Crippen molar-refractivity contribution in [1.29, 1.82) is 0 Å². The minimum absolute atomic E-state index is 0.0287. The molecule has 0 saturated carbocycles. The van der Waals surface area contributed by atoms with Crippen LogP contribution < -0.4 is 5.32 Å². The summed E-state index contributed by atoms with van der Waals surface area (Å²) in [6.45, 7) is 3.57. The molecular weight excluding hydrogens is 364 g/mol. The molecule has 1 fully saturated rings. The number of amides is 2. The van der Waals surface area contributed by atoms with E-state index >= 15 is 0 Å². The van der Waals surface area contributed by atoms with Gasteiger partial charge < -0.3 is 15.2 Å². The zero-order valence-electron chi connectivity index (χ0n) is 16.6. The van der Waals surface area contributed by atoms with Crippen LogP contribution in [0.15, 0.2) is 48.7 Å². The van der Waals surface area contributed by atoms with Gasteiger partial charge in [0, 0.05) is 42.3 Å². The van der Waals surface area contributed by atoms with E-state index in [1.165, 1.54) is 10.9 Å². The number of para-hydroxylation sites is 1. The third-order valence-corrected chi connectivity index (χ3v) is 5.65. The summed E-state index contributed by atoms with van der Waals surface area (Å²) in [4.78, 5) is 34.4. The van der Waals surface area contributed by atoms with Crippen molar-refractivity contribution in [3.05, 3.63) is 65.6 Å². The van der Waals surface area contributed by atoms with E-state index in [2.05, 4.69) is 34.3 Å². The van der Waals surface area contributed by atoms with Gasteiger partial charge in [0.15, 0.2) is 0 Å². The summed E-state index contributed by atoms with van der Waals surface area (Å²) in [5.74, 6) is -0.0457. The average molecular weight is 390 g/mol. The molecule has 6 heteroatoms. The quantitative estimate of drug-likeness (QED) is 0.679. The Balaban J connectivity index is 1.33. The van der Waals surface area contributed by atoms with Crippen LogP contribution in [0.3, 0.4) is 0 Å². The summed E-state index contributed by atoms with van der Waals surface area (Å²) in [6, 6.07) is 13.9. The fourth-order valence-electron chi connectivity index (χ4n) is 4.08. The average Bonchev–Trinajstić information content (AvgIpc) is 3.05. The first-order valence-corrected chi connectivity index (χ1v) is 10.1. The molecule has 0 spiro atoms. The molecule has 4 rings (SSSR count). The number of aromatic amines is 1. The minimum atomic E-state index is -0.166. The molecule has 150 valence electrons. The molecule has 29 heavy (non-hydrogen) atoms. The molecule has 6 nitrogen and oxygen atoms in total. The van der Waals surface area contributed by atoms with Gasteiger partial charge in [0.05, 0.1) is 18.2 Å². The molecule has 0 aliphatic carbocycles. The predicted molar refractivity (Wildman–Crippen MR) is 112 cm³/mol. The second kappa shape index (κ2) is 8.47. The Morgan fingerprint density at radius 2 is 2.07 bits per heavy atom. The van der Waals surface area contributed by atoms with Gasteiger partial charge in [-0.15, -0.1) is 0 Å². The summed E-state index contributed by atoms with van der Waals surface area (Å²) >= 11 is 0. The number of carbonyl (C=O) groups is 2. The molecule has 1 saturated heterocycles. The number of benzene rings is 1. The highest BCUT2D eigenvalue weighted by Gasteiger charge is 2.30. The van der Waals surface area contributed by atoms with Crippen molar-refractivity contribution < 1.29 is 9.59 Å². The SMILES string of the molecule is Cc1[nH]c2ccccc2c1CCNC(=O)[C@@H]1CCC(=O)N(Cc2ccccn2)C1. The van der Waals surface area contributed by atoms with Gasteiger partial charge in [-0.1, -0.05) is 24.3 Å². The lowest BCUT2D eigenvalue weighted by molar-refractivity contribution is -0.138. The lowest BCUT2D eigenvalue weighted by atomic mass is 9.96. The van der Waals surface area contributed by atoms with Gasteiger partial charge >= 0.3 is 0 Å². The molecule has 3 heterocycles. The van der Waals surface area contributed by atoms with Gasteiger partial charge in [-0.3, -0.25) is 14.6 Å². The van der Waals surface area contributed by atoms with E-state index in [0.717, 1.165) is 23.3 Å². The predicted octanol–water partition coefficient (Wildman–Crippen LogP) is 2.97. The summed E-state index contributed by atoms with van der Waals surface area (Å²) in [7, 11) is 0. The standard InChI is InChI=1S/C23H26N4O2/c1-16-19(20-7-2-3-8-21(20)26-16)11-13-25-23(29)17-9-10-22(28)27(14-17)15-18-6-4-5-12-24-18/h2-8,12,17,26H,9-11,13-15H2,1H3,(H,25,29)/t17-/m1/s1. The maximum atomic E-state index is 12.7. The molecular formula is C23H26N4O2. The van der Waals surface area contributed by atoms with Gasteiger partial charge in [-0.25, -0.2) is 0 Å². The highest BCUT2D eigenvalue weighted by Crippen LogP contribution is 2.22. The second-order valence-electron chi connectivity index (χ2n) is 7.65. The number of pyridine rings is 1. The number of hydrogen-bond acceptors (Lipinski definition) is 3. The van der Waals surface area contributed by atoms with Gasteiger partial charge in [-0.2, -0.15) is 0 Å². The van der Waals surface area contributed by atoms with E-state index in [1.807, 2.05) is 30.3 Å². The first-order valence-electron chi connectivity index (χ1n) is 10.1. The van der Waals surface area contributed by atoms with Gasteiger partial charge in [-0.05, 0) is 43.5 Å². The van der Waals surface area contributed by atoms with Crippen molar-refractivity contribution in [1.82, 2.24) is 20.2 Å². The summed E-state index contributed by atoms with van der Waals surface area (Å²) in [6.07, 6.45) is 3.52. The smallest absolute Gasteiger partial charge is 0.224 e. The van der Waals surface area contributed by atoms with E-state index in [9.17, 15) is 9.59 Å². The summed E-state index contributed by atoms with van der Waals surface area (Å²) in [5.41, 5.74) is 4.36. The number of H-pyrrole nitrogens is 1. The first kappa shape index (κ1) is 19.2. The monoisotopic (exact) mass is 390 g/mol. The largest absolute Gasteiger partial charge is 0.358 e. The Morgan fingerprint density at radius 1 is 1.24 bits per heavy atom. The molecule has 1 aliphatic rings. The van der Waals surface area contributed by atoms with Crippen LogP contribution in [0.5, 0.6) is 0 Å². The van der Waals surface area contributed by atoms with Gasteiger partial charge in [0.1, 0.15) is 0 Å². The number of carbonyl (C=O) groups excluding carboxylic acids is 2. The number of hydrogen-bond donors (Lipinski definition) is 2. The van der Waals surface area contributed by atoms with E-state index in [0.29, 0.717) is 32.5 Å². The zero-order chi connectivity index (χ0) is 20.2. The molecule has 0 bridgehead atoms. The molecule has 1 aliphatic heterocycles. The van der Waals surface area contributed by atoms with Crippen LogP contribution in [0.2, 0.25) is 0 Å². The van der Waals surface area contributed by atoms with Crippen LogP contribution in [0, 0.1) is 12.8 Å². The van der Waals surface area contributed by atoms with Crippen LogP contribution in [0.1, 0.15) is 29.8 Å². The lowest BCUT2D eigenvalue weighted by Gasteiger charge is -2.31. The molecule has 1 atom stereocenters. The van der Waals surface area contributed by atoms with Gasteiger partial charge in [0.2, 0.25) is 11.8 Å². The van der Waals surface area contributed by atoms with Gasteiger partial charge in [0.25, 0.3) is 0 Å². The molecule has 3 aromatic rings. The number of rotatable bonds is 6. The molecule has 0 unspecified atom stereocenters. The topological polar surface area (TPSA) is 78.1 Å². The Kier molecular flexibility index (Phi) is 5.60. The normalized spacial score (nSPS) is 16.9. The fraction of sp³-hybridized carbons (Fsp3) is 0.348. The number of likely N-dealkylation sites (tertiary alicyclic amines) is 1. The summed E-state index contributed by atoms with van der Waals surface area (Å²) < 4.78 is 0. The first-order chi connectivity index (χ1) is 14.1. The third kappa shape index (κ3) is 4.31. The molecule has 1 aromatic carbocycles. The highest BCUT2D eigenvalue weighted by atomic mass is 16.2. The fourth-order valence-corrected chi connectivity index (χ4v) is 4.08. The second-order valence-corrected chi connectivity index (χ2v) is 7.65. The number of aryl methyl sites for hydroxylation is 1. The Labute approximate surface area is 170 Å². The van der Waals surface area contributed by atoms with Crippen molar-refractivity contribution in [3.8, 4) is 0 Å². The van der Waals surface area contributed by atoms with Crippen LogP contribution in [-0.2, 0) is 22.6 Å². The summed E-state index contributed by atoms with van der Waals surface area (Å²) in [5, 5.41) is 4.29. The highest BCUT2D eigenvalue weighted by molar-refractivity contribution is 5.85. The number of nitrogens with zero attached hydrogens (tertiary/aromatic N) is 2.